The van der Waals surface area contributed by atoms with Gasteiger partial charge in [-0.05, 0) is 53.9 Å². The van der Waals surface area contributed by atoms with E-state index in [1.807, 2.05) is 67.6 Å². The normalized spacial score (nSPS) is 11.3. The minimum atomic E-state index is -0.523. The first-order chi connectivity index (χ1) is 17.5. The van der Waals surface area contributed by atoms with Crippen molar-refractivity contribution in [1.82, 2.24) is 10.3 Å². The van der Waals surface area contributed by atoms with Crippen LogP contribution in [0, 0.1) is 0 Å². The molecule has 182 valence electrons. The lowest BCUT2D eigenvalue weighted by Gasteiger charge is -2.16. The fourth-order valence-corrected chi connectivity index (χ4v) is 3.77. The largest absolute Gasteiger partial charge is 0.497 e. The quantitative estimate of drug-likeness (QED) is 0.322. The van der Waals surface area contributed by atoms with Crippen LogP contribution in [-0.4, -0.2) is 24.1 Å². The molecule has 1 aromatic heterocycles. The minimum Gasteiger partial charge on any atom is -0.497 e. The number of alkyl carbamates (subject to hydrolysis) is 1. The summed E-state index contributed by atoms with van der Waals surface area (Å²) in [4.78, 5) is 29.9. The van der Waals surface area contributed by atoms with Crippen LogP contribution in [0.15, 0.2) is 97.2 Å². The molecule has 0 spiro atoms. The summed E-state index contributed by atoms with van der Waals surface area (Å²) < 4.78 is 10.7. The summed E-state index contributed by atoms with van der Waals surface area (Å²) in [6.45, 7) is 2.05. The molecule has 7 nitrogen and oxygen atoms in total. The number of benzene rings is 3. The monoisotopic (exact) mass is 481 g/mol. The van der Waals surface area contributed by atoms with Gasteiger partial charge in [-0.2, -0.15) is 0 Å². The predicted molar refractivity (Wildman–Crippen MR) is 139 cm³/mol. The van der Waals surface area contributed by atoms with Gasteiger partial charge in [-0.15, -0.1) is 0 Å². The molecule has 1 heterocycles. The van der Waals surface area contributed by atoms with Crippen LogP contribution in [0.4, 0.5) is 10.5 Å². The average molecular weight is 482 g/mol. The second-order valence-corrected chi connectivity index (χ2v) is 8.05. The minimum absolute atomic E-state index is 0.227. The van der Waals surface area contributed by atoms with Gasteiger partial charge in [0.1, 0.15) is 17.5 Å². The third-order valence-electron chi connectivity index (χ3n) is 5.65. The maximum absolute atomic E-state index is 13.1. The number of methoxy groups -OCH3 is 1. The molecule has 0 radical (unpaired) electrons. The summed E-state index contributed by atoms with van der Waals surface area (Å²) in [6.07, 6.45) is 0.674. The number of anilines is 1. The number of nitrogens with zero attached hydrogens (tertiary/aromatic N) is 1. The Balaban J connectivity index is 1.49. The highest BCUT2D eigenvalue weighted by Gasteiger charge is 2.18. The molecule has 0 aliphatic carbocycles. The van der Waals surface area contributed by atoms with Crippen LogP contribution < -0.4 is 15.4 Å². The molecule has 0 aliphatic heterocycles. The number of hydrogen-bond acceptors (Lipinski definition) is 5. The molecule has 1 atom stereocenters. The summed E-state index contributed by atoms with van der Waals surface area (Å²) in [5.74, 6) is 0.360. The topological polar surface area (TPSA) is 89.5 Å². The molecule has 7 heteroatoms. The highest BCUT2D eigenvalue weighted by molar-refractivity contribution is 6.07. The maximum atomic E-state index is 13.1. The summed E-state index contributed by atoms with van der Waals surface area (Å²) in [6, 6.07) is 27.8. The molecule has 0 aliphatic rings. The third-order valence-corrected chi connectivity index (χ3v) is 5.65. The van der Waals surface area contributed by atoms with Crippen molar-refractivity contribution in [1.29, 1.82) is 0 Å². The highest BCUT2D eigenvalue weighted by Crippen LogP contribution is 2.27. The van der Waals surface area contributed by atoms with Gasteiger partial charge in [-0.25, -0.2) is 4.79 Å². The standard InChI is InChI=1S/C29H27N3O4/c1-20(21-9-4-3-5-10-21)36-29(34)31-19-22-11-6-7-12-25(22)26-13-8-18-30-27(26)28(33)32-23-14-16-24(35-2)17-15-23/h3-18,20H,19H2,1-2H3,(H,31,34)(H,32,33)/t20-/m0/s1. The lowest BCUT2D eigenvalue weighted by Crippen LogP contribution is -2.25. The number of rotatable bonds is 8. The van der Waals surface area contributed by atoms with Gasteiger partial charge in [0.15, 0.2) is 0 Å². The first kappa shape index (κ1) is 24.5. The van der Waals surface area contributed by atoms with E-state index < -0.39 is 6.09 Å². The van der Waals surface area contributed by atoms with Crippen LogP contribution in [-0.2, 0) is 11.3 Å². The van der Waals surface area contributed by atoms with Gasteiger partial charge in [0, 0.05) is 24.0 Å². The lowest BCUT2D eigenvalue weighted by molar-refractivity contribution is 0.102. The Morgan fingerprint density at radius 2 is 1.56 bits per heavy atom. The maximum Gasteiger partial charge on any atom is 0.408 e. The van der Waals surface area contributed by atoms with Gasteiger partial charge >= 0.3 is 6.09 Å². The van der Waals surface area contributed by atoms with Gasteiger partial charge < -0.3 is 20.1 Å². The average Bonchev–Trinajstić information content (AvgIpc) is 2.93. The van der Waals surface area contributed by atoms with Crippen molar-refractivity contribution in [2.45, 2.75) is 19.6 Å². The Kier molecular flexibility index (Phi) is 7.93. The van der Waals surface area contributed by atoms with E-state index in [0.717, 1.165) is 16.7 Å². The number of amides is 2. The van der Waals surface area contributed by atoms with Crippen molar-refractivity contribution in [3.05, 3.63) is 114 Å². The van der Waals surface area contributed by atoms with Crippen LogP contribution in [0.2, 0.25) is 0 Å². The summed E-state index contributed by atoms with van der Waals surface area (Å²) >= 11 is 0. The van der Waals surface area contributed by atoms with E-state index in [4.69, 9.17) is 9.47 Å². The van der Waals surface area contributed by atoms with Gasteiger partial charge in [-0.3, -0.25) is 9.78 Å². The lowest BCUT2D eigenvalue weighted by atomic mass is 9.98. The zero-order valence-corrected chi connectivity index (χ0v) is 20.1. The molecule has 2 amide bonds. The van der Waals surface area contributed by atoms with Crippen molar-refractivity contribution in [2.24, 2.45) is 0 Å². The van der Waals surface area contributed by atoms with Gasteiger partial charge in [0.25, 0.3) is 5.91 Å². The Morgan fingerprint density at radius 1 is 0.861 bits per heavy atom. The smallest absolute Gasteiger partial charge is 0.408 e. The number of carbonyl (C=O) groups is 2. The van der Waals surface area contributed by atoms with E-state index in [0.29, 0.717) is 17.0 Å². The molecular formula is C29H27N3O4. The van der Waals surface area contributed by atoms with Crippen LogP contribution in [0.5, 0.6) is 5.75 Å². The van der Waals surface area contributed by atoms with Crippen molar-refractivity contribution >= 4 is 17.7 Å². The Bertz CT molecular complexity index is 1320. The zero-order valence-electron chi connectivity index (χ0n) is 20.1. The number of pyridine rings is 1. The van der Waals surface area contributed by atoms with Crippen LogP contribution in [0.25, 0.3) is 11.1 Å². The molecule has 4 rings (SSSR count). The Labute approximate surface area is 210 Å². The van der Waals surface area contributed by atoms with Gasteiger partial charge in [0.05, 0.1) is 7.11 Å². The Morgan fingerprint density at radius 3 is 2.31 bits per heavy atom. The van der Waals surface area contributed by atoms with Crippen molar-refractivity contribution < 1.29 is 19.1 Å². The van der Waals surface area contributed by atoms with Crippen LogP contribution in [0.3, 0.4) is 0 Å². The molecule has 2 N–H and O–H groups in total. The predicted octanol–water partition coefficient (Wildman–Crippen LogP) is 6.00. The van der Waals surface area contributed by atoms with E-state index in [1.165, 1.54) is 0 Å². The summed E-state index contributed by atoms with van der Waals surface area (Å²) in [5, 5.41) is 5.69. The fraction of sp³-hybridized carbons (Fsp3) is 0.138. The molecule has 0 saturated carbocycles. The number of carbonyl (C=O) groups excluding carboxylic acids is 2. The third kappa shape index (κ3) is 6.07. The number of aromatic nitrogens is 1. The van der Waals surface area contributed by atoms with Crippen LogP contribution in [0.1, 0.15) is 34.6 Å². The van der Waals surface area contributed by atoms with Crippen LogP contribution >= 0.6 is 0 Å². The molecule has 3 aromatic carbocycles. The van der Waals surface area contributed by atoms with Crippen molar-refractivity contribution in [2.75, 3.05) is 12.4 Å². The van der Waals surface area contributed by atoms with Crippen molar-refractivity contribution in [3.8, 4) is 16.9 Å². The first-order valence-electron chi connectivity index (χ1n) is 11.5. The molecule has 0 saturated heterocycles. The molecule has 4 aromatic rings. The van der Waals surface area contributed by atoms with E-state index >= 15 is 0 Å². The number of nitrogens with one attached hydrogen (secondary N) is 2. The van der Waals surface area contributed by atoms with E-state index in [2.05, 4.69) is 15.6 Å². The second kappa shape index (κ2) is 11.7. The van der Waals surface area contributed by atoms with Gasteiger partial charge in [0.2, 0.25) is 0 Å². The Hall–Kier alpha value is -4.65. The number of hydrogen-bond donors (Lipinski definition) is 2. The van der Waals surface area contributed by atoms with E-state index in [1.54, 1.807) is 43.6 Å². The zero-order chi connectivity index (χ0) is 25.3. The summed E-state index contributed by atoms with van der Waals surface area (Å²) in [5.41, 5.74) is 4.10. The van der Waals surface area contributed by atoms with Gasteiger partial charge in [-0.1, -0.05) is 60.7 Å². The molecule has 0 unspecified atom stereocenters. The SMILES string of the molecule is COc1ccc(NC(=O)c2ncccc2-c2ccccc2CNC(=O)O[C@@H](C)c2ccccc2)cc1. The fourth-order valence-electron chi connectivity index (χ4n) is 3.77. The second-order valence-electron chi connectivity index (χ2n) is 8.05. The number of ether oxygens (including phenoxy) is 2. The molecule has 0 bridgehead atoms. The summed E-state index contributed by atoms with van der Waals surface area (Å²) in [7, 11) is 1.59. The van der Waals surface area contributed by atoms with E-state index in [-0.39, 0.29) is 24.2 Å². The first-order valence-corrected chi connectivity index (χ1v) is 11.5. The molecule has 36 heavy (non-hydrogen) atoms. The van der Waals surface area contributed by atoms with Crippen molar-refractivity contribution in [3.63, 3.8) is 0 Å². The van der Waals surface area contributed by atoms with E-state index in [9.17, 15) is 9.59 Å². The highest BCUT2D eigenvalue weighted by atomic mass is 16.6. The molecule has 0 fully saturated rings. The molecular weight excluding hydrogens is 454 g/mol.